The quantitative estimate of drug-likeness (QED) is 0.690. The maximum absolute atomic E-state index is 12.2. The molecule has 0 bridgehead atoms. The Morgan fingerprint density at radius 2 is 2.12 bits per heavy atom. The number of nitrogens with zero attached hydrogens (tertiary/aromatic N) is 3. The second-order valence-electron chi connectivity index (χ2n) is 6.26. The summed E-state index contributed by atoms with van der Waals surface area (Å²) in [5.74, 6) is 0.158. The fraction of sp³-hybridized carbons (Fsp3) is 0.389. The molecule has 4 rings (SSSR count). The van der Waals surface area contributed by atoms with Crippen molar-refractivity contribution in [3.05, 3.63) is 47.7 Å². The normalized spacial score (nSPS) is 15.4. The number of carbonyl (C=O) groups is 1. The van der Waals surface area contributed by atoms with Crippen LogP contribution in [0.1, 0.15) is 22.1 Å². The van der Waals surface area contributed by atoms with Crippen LogP contribution < -0.4 is 5.32 Å². The van der Waals surface area contributed by atoms with Crippen LogP contribution in [-0.2, 0) is 11.2 Å². The minimum atomic E-state index is -0.337. The second kappa shape index (κ2) is 7.67. The van der Waals surface area contributed by atoms with Crippen molar-refractivity contribution in [3.63, 3.8) is 0 Å². The smallest absolute Gasteiger partial charge is 0.315 e. The average molecular weight is 355 g/mol. The topological polar surface area (TPSA) is 96.3 Å². The van der Waals surface area contributed by atoms with Crippen LogP contribution in [0, 0.1) is 0 Å². The van der Waals surface area contributed by atoms with E-state index < -0.39 is 0 Å². The zero-order chi connectivity index (χ0) is 17.8. The van der Waals surface area contributed by atoms with Gasteiger partial charge in [0.05, 0.1) is 13.2 Å². The molecule has 0 saturated carbocycles. The minimum Gasteiger partial charge on any atom is -0.379 e. The number of aromatic amines is 1. The van der Waals surface area contributed by atoms with Gasteiger partial charge < -0.3 is 19.6 Å². The van der Waals surface area contributed by atoms with Crippen molar-refractivity contribution >= 4 is 16.8 Å². The number of fused-ring (bicyclic) bond motifs is 1. The summed E-state index contributed by atoms with van der Waals surface area (Å²) < 4.78 is 10.4. The van der Waals surface area contributed by atoms with Crippen molar-refractivity contribution in [1.29, 1.82) is 0 Å². The lowest BCUT2D eigenvalue weighted by molar-refractivity contribution is 0.0382. The Balaban J connectivity index is 1.33. The lowest BCUT2D eigenvalue weighted by atomic mass is 10.1. The Morgan fingerprint density at radius 1 is 1.27 bits per heavy atom. The number of nitrogens with one attached hydrogen (secondary N) is 2. The highest BCUT2D eigenvalue weighted by Crippen LogP contribution is 2.19. The Hall–Kier alpha value is -2.71. The number of H-pyrrole nitrogens is 1. The molecule has 1 fully saturated rings. The van der Waals surface area contributed by atoms with E-state index in [4.69, 9.17) is 9.26 Å². The van der Waals surface area contributed by atoms with Crippen molar-refractivity contribution in [2.24, 2.45) is 0 Å². The van der Waals surface area contributed by atoms with Crippen molar-refractivity contribution in [2.75, 3.05) is 39.4 Å². The molecule has 136 valence electrons. The monoisotopic (exact) mass is 355 g/mol. The van der Waals surface area contributed by atoms with Crippen LogP contribution in [0.25, 0.3) is 10.9 Å². The standard InChI is InChI=1S/C18H21N5O3/c24-17(19-5-6-23-7-9-25-10-8-23)18-21-16(22-26-18)11-13-12-20-15-4-2-1-3-14(13)15/h1-4,12,20H,5-11H2,(H,19,24). The van der Waals surface area contributed by atoms with Crippen molar-refractivity contribution in [2.45, 2.75) is 6.42 Å². The van der Waals surface area contributed by atoms with E-state index in [0.717, 1.165) is 49.3 Å². The van der Waals surface area contributed by atoms with Crippen molar-refractivity contribution < 1.29 is 14.1 Å². The van der Waals surface area contributed by atoms with Gasteiger partial charge in [-0.1, -0.05) is 23.4 Å². The molecule has 3 heterocycles. The van der Waals surface area contributed by atoms with E-state index in [-0.39, 0.29) is 11.8 Å². The summed E-state index contributed by atoms with van der Waals surface area (Å²) in [5, 5.41) is 7.87. The molecule has 2 aromatic heterocycles. The third kappa shape index (κ3) is 3.76. The molecule has 0 spiro atoms. The van der Waals surface area contributed by atoms with E-state index in [9.17, 15) is 4.79 Å². The van der Waals surface area contributed by atoms with E-state index in [1.807, 2.05) is 30.5 Å². The van der Waals surface area contributed by atoms with Gasteiger partial charge >= 0.3 is 11.8 Å². The third-order valence-corrected chi connectivity index (χ3v) is 4.50. The number of morpholine rings is 1. The Bertz CT molecular complexity index is 882. The van der Waals surface area contributed by atoms with Gasteiger partial charge in [0.25, 0.3) is 0 Å². The molecular weight excluding hydrogens is 334 g/mol. The summed E-state index contributed by atoms with van der Waals surface area (Å²) in [7, 11) is 0. The number of para-hydroxylation sites is 1. The number of hydrogen-bond acceptors (Lipinski definition) is 6. The summed E-state index contributed by atoms with van der Waals surface area (Å²) in [6.07, 6.45) is 2.44. The first-order valence-electron chi connectivity index (χ1n) is 8.75. The molecule has 1 aliphatic heterocycles. The number of amides is 1. The van der Waals surface area contributed by atoms with Gasteiger partial charge in [-0.15, -0.1) is 0 Å². The summed E-state index contributed by atoms with van der Waals surface area (Å²) in [4.78, 5) is 21.8. The van der Waals surface area contributed by atoms with E-state index in [1.54, 1.807) is 0 Å². The first-order chi connectivity index (χ1) is 12.8. The number of ether oxygens (including phenoxy) is 1. The van der Waals surface area contributed by atoms with E-state index in [0.29, 0.717) is 18.8 Å². The molecule has 8 heteroatoms. The molecule has 26 heavy (non-hydrogen) atoms. The Kier molecular flexibility index (Phi) is 4.94. The zero-order valence-electron chi connectivity index (χ0n) is 14.4. The Labute approximate surface area is 150 Å². The van der Waals surface area contributed by atoms with Crippen LogP contribution in [0.3, 0.4) is 0 Å². The van der Waals surface area contributed by atoms with Crippen molar-refractivity contribution in [1.82, 2.24) is 25.3 Å². The minimum absolute atomic E-state index is 0.00168. The van der Waals surface area contributed by atoms with Crippen LogP contribution in [0.2, 0.25) is 0 Å². The largest absolute Gasteiger partial charge is 0.379 e. The first-order valence-corrected chi connectivity index (χ1v) is 8.75. The van der Waals surface area contributed by atoms with Gasteiger partial charge in [-0.2, -0.15) is 4.98 Å². The van der Waals surface area contributed by atoms with Crippen LogP contribution in [0.4, 0.5) is 0 Å². The van der Waals surface area contributed by atoms with Gasteiger partial charge in [0.1, 0.15) is 0 Å². The van der Waals surface area contributed by atoms with E-state index in [1.165, 1.54) is 0 Å². The lowest BCUT2D eigenvalue weighted by Gasteiger charge is -2.26. The van der Waals surface area contributed by atoms with Gasteiger partial charge in [0.2, 0.25) is 0 Å². The molecule has 1 amide bonds. The molecule has 0 unspecified atom stereocenters. The maximum atomic E-state index is 12.2. The van der Waals surface area contributed by atoms with E-state index >= 15 is 0 Å². The highest BCUT2D eigenvalue weighted by molar-refractivity contribution is 5.89. The van der Waals surface area contributed by atoms with Gasteiger partial charge in [-0.25, -0.2) is 0 Å². The lowest BCUT2D eigenvalue weighted by Crippen LogP contribution is -2.41. The number of hydrogen-bond donors (Lipinski definition) is 2. The molecule has 2 N–H and O–H groups in total. The van der Waals surface area contributed by atoms with Crippen LogP contribution in [0.15, 0.2) is 35.0 Å². The highest BCUT2D eigenvalue weighted by atomic mass is 16.5. The van der Waals surface area contributed by atoms with Gasteiger partial charge in [0.15, 0.2) is 5.82 Å². The summed E-state index contributed by atoms with van der Waals surface area (Å²) >= 11 is 0. The molecule has 0 aliphatic carbocycles. The first kappa shape index (κ1) is 16.7. The number of benzene rings is 1. The summed E-state index contributed by atoms with van der Waals surface area (Å²) in [6.45, 7) is 4.60. The highest BCUT2D eigenvalue weighted by Gasteiger charge is 2.17. The molecule has 1 aromatic carbocycles. The zero-order valence-corrected chi connectivity index (χ0v) is 14.4. The fourth-order valence-electron chi connectivity index (χ4n) is 3.09. The Morgan fingerprint density at radius 3 is 3.00 bits per heavy atom. The molecule has 1 saturated heterocycles. The maximum Gasteiger partial charge on any atom is 0.315 e. The summed E-state index contributed by atoms with van der Waals surface area (Å²) in [5.41, 5.74) is 2.13. The molecule has 8 nitrogen and oxygen atoms in total. The second-order valence-corrected chi connectivity index (χ2v) is 6.26. The number of rotatable bonds is 6. The summed E-state index contributed by atoms with van der Waals surface area (Å²) in [6, 6.07) is 8.03. The average Bonchev–Trinajstić information content (AvgIpc) is 3.31. The van der Waals surface area contributed by atoms with Gasteiger partial charge in [0, 0.05) is 49.7 Å². The molecule has 0 atom stereocenters. The molecule has 3 aromatic rings. The predicted octanol–water partition coefficient (Wildman–Crippen LogP) is 1.20. The number of aromatic nitrogens is 3. The molecule has 1 aliphatic rings. The third-order valence-electron chi connectivity index (χ3n) is 4.50. The van der Waals surface area contributed by atoms with Gasteiger partial charge in [-0.05, 0) is 11.6 Å². The predicted molar refractivity (Wildman–Crippen MR) is 95.0 cm³/mol. The van der Waals surface area contributed by atoms with Crippen LogP contribution >= 0.6 is 0 Å². The van der Waals surface area contributed by atoms with Crippen molar-refractivity contribution in [3.8, 4) is 0 Å². The molecule has 0 radical (unpaired) electrons. The number of carbonyl (C=O) groups excluding carboxylic acids is 1. The van der Waals surface area contributed by atoms with E-state index in [2.05, 4.69) is 25.3 Å². The SMILES string of the molecule is O=C(NCCN1CCOCC1)c1nc(Cc2c[nH]c3ccccc23)no1. The fourth-order valence-corrected chi connectivity index (χ4v) is 3.09. The molecular formula is C18H21N5O3. The van der Waals surface area contributed by atoms with Crippen LogP contribution in [-0.4, -0.2) is 65.3 Å². The van der Waals surface area contributed by atoms with Gasteiger partial charge in [-0.3, -0.25) is 9.69 Å². The van der Waals surface area contributed by atoms with Crippen LogP contribution in [0.5, 0.6) is 0 Å².